The fourth-order valence-electron chi connectivity index (χ4n) is 2.16. The van der Waals surface area contributed by atoms with Gasteiger partial charge in [0.1, 0.15) is 6.04 Å². The fraction of sp³-hybridized carbons (Fsp3) is 0.818. The molecule has 1 aliphatic heterocycles. The second-order valence-electron chi connectivity index (χ2n) is 5.36. The lowest BCUT2D eigenvalue weighted by Gasteiger charge is -2.27. The summed E-state index contributed by atoms with van der Waals surface area (Å²) in [7, 11) is -3.63. The molecule has 0 saturated carbocycles. The highest BCUT2D eigenvalue weighted by molar-refractivity contribution is 7.89. The minimum absolute atomic E-state index is 0.123. The van der Waals surface area contributed by atoms with Crippen molar-refractivity contribution in [3.8, 4) is 6.07 Å². The molecule has 0 spiro atoms. The standard InChI is InChI=1S/C11H18N2O4S/c1-11(2,5-6-12)8-18(16,17)13-7-3-4-9(13)10(14)15/h9H,3-5,7-8H2,1-2H3,(H,14,15)/t9-/m1/s1. The predicted octanol–water partition coefficient (Wildman–Crippen LogP) is 0.805. The van der Waals surface area contributed by atoms with Crippen LogP contribution in [0.5, 0.6) is 0 Å². The molecule has 102 valence electrons. The molecule has 0 unspecified atom stereocenters. The monoisotopic (exact) mass is 274 g/mol. The number of carboxylic acid groups (broad SMARTS) is 1. The van der Waals surface area contributed by atoms with Gasteiger partial charge in [0.15, 0.2) is 0 Å². The van der Waals surface area contributed by atoms with Crippen molar-refractivity contribution in [2.24, 2.45) is 5.41 Å². The molecule has 6 nitrogen and oxygen atoms in total. The number of sulfonamides is 1. The summed E-state index contributed by atoms with van der Waals surface area (Å²) >= 11 is 0. The summed E-state index contributed by atoms with van der Waals surface area (Å²) < 4.78 is 25.4. The molecule has 0 amide bonds. The van der Waals surface area contributed by atoms with E-state index in [0.717, 1.165) is 4.31 Å². The molecule has 1 saturated heterocycles. The molecule has 1 atom stereocenters. The minimum atomic E-state index is -3.63. The van der Waals surface area contributed by atoms with Crippen LogP contribution in [-0.4, -0.2) is 42.1 Å². The average molecular weight is 274 g/mol. The van der Waals surface area contributed by atoms with Gasteiger partial charge in [0.05, 0.1) is 11.8 Å². The van der Waals surface area contributed by atoms with Crippen LogP contribution >= 0.6 is 0 Å². The zero-order valence-corrected chi connectivity index (χ0v) is 11.4. The SMILES string of the molecule is CC(C)(CC#N)CS(=O)(=O)N1CCC[C@@H]1C(=O)O. The molecule has 1 heterocycles. The van der Waals surface area contributed by atoms with Gasteiger partial charge < -0.3 is 5.11 Å². The number of hydrogen-bond donors (Lipinski definition) is 1. The van der Waals surface area contributed by atoms with Gasteiger partial charge in [-0.05, 0) is 18.3 Å². The zero-order valence-electron chi connectivity index (χ0n) is 10.6. The van der Waals surface area contributed by atoms with E-state index in [1.807, 2.05) is 6.07 Å². The summed E-state index contributed by atoms with van der Waals surface area (Å²) in [6.07, 6.45) is 1.04. The van der Waals surface area contributed by atoms with Gasteiger partial charge in [-0.15, -0.1) is 0 Å². The quantitative estimate of drug-likeness (QED) is 0.799. The number of hydrogen-bond acceptors (Lipinski definition) is 4. The van der Waals surface area contributed by atoms with Crippen molar-refractivity contribution in [2.75, 3.05) is 12.3 Å². The van der Waals surface area contributed by atoms with E-state index in [-0.39, 0.29) is 18.7 Å². The molecule has 0 aliphatic carbocycles. The van der Waals surface area contributed by atoms with Crippen molar-refractivity contribution >= 4 is 16.0 Å². The smallest absolute Gasteiger partial charge is 0.322 e. The molecular formula is C11H18N2O4S. The Kier molecular flexibility index (Phi) is 4.35. The van der Waals surface area contributed by atoms with Crippen LogP contribution in [0.15, 0.2) is 0 Å². The molecule has 0 aromatic rings. The molecule has 0 bridgehead atoms. The molecule has 1 aliphatic rings. The number of aliphatic carboxylic acids is 1. The van der Waals surface area contributed by atoms with Gasteiger partial charge in [-0.2, -0.15) is 9.57 Å². The fourth-order valence-corrected chi connectivity index (χ4v) is 4.41. The van der Waals surface area contributed by atoms with Crippen molar-refractivity contribution in [3.63, 3.8) is 0 Å². The Morgan fingerprint density at radius 3 is 2.67 bits per heavy atom. The molecular weight excluding hydrogens is 256 g/mol. The maximum atomic E-state index is 12.2. The van der Waals surface area contributed by atoms with Crippen LogP contribution in [0.25, 0.3) is 0 Å². The van der Waals surface area contributed by atoms with E-state index in [2.05, 4.69) is 0 Å². The lowest BCUT2D eigenvalue weighted by atomic mass is 9.93. The Morgan fingerprint density at radius 1 is 1.56 bits per heavy atom. The highest BCUT2D eigenvalue weighted by Crippen LogP contribution is 2.28. The number of carbonyl (C=O) groups is 1. The number of carboxylic acids is 1. The first-order valence-electron chi connectivity index (χ1n) is 5.79. The van der Waals surface area contributed by atoms with Crippen molar-refractivity contribution in [1.29, 1.82) is 5.26 Å². The minimum Gasteiger partial charge on any atom is -0.480 e. The van der Waals surface area contributed by atoms with Crippen molar-refractivity contribution < 1.29 is 18.3 Å². The summed E-state index contributed by atoms with van der Waals surface area (Å²) in [5.41, 5.74) is -0.667. The second-order valence-corrected chi connectivity index (χ2v) is 7.28. The molecule has 0 aromatic carbocycles. The summed E-state index contributed by atoms with van der Waals surface area (Å²) in [6, 6.07) is 1.00. The third-order valence-corrected chi connectivity index (χ3v) is 5.27. The van der Waals surface area contributed by atoms with Gasteiger partial charge in [-0.25, -0.2) is 8.42 Å². The lowest BCUT2D eigenvalue weighted by Crippen LogP contribution is -2.44. The van der Waals surface area contributed by atoms with Crippen molar-refractivity contribution in [3.05, 3.63) is 0 Å². The largest absolute Gasteiger partial charge is 0.480 e. The normalized spacial score (nSPS) is 21.7. The Bertz CT molecular complexity index is 464. The molecule has 0 radical (unpaired) electrons. The Balaban J connectivity index is 2.88. The maximum Gasteiger partial charge on any atom is 0.322 e. The van der Waals surface area contributed by atoms with Crippen LogP contribution < -0.4 is 0 Å². The topological polar surface area (TPSA) is 98.5 Å². The van der Waals surface area contributed by atoms with Gasteiger partial charge in [-0.3, -0.25) is 4.79 Å². The van der Waals surface area contributed by atoms with Gasteiger partial charge in [0.2, 0.25) is 10.0 Å². The highest BCUT2D eigenvalue weighted by Gasteiger charge is 2.40. The third-order valence-electron chi connectivity index (χ3n) is 2.98. The molecule has 18 heavy (non-hydrogen) atoms. The van der Waals surface area contributed by atoms with Crippen LogP contribution in [-0.2, 0) is 14.8 Å². The van der Waals surface area contributed by atoms with Crippen LogP contribution in [0.2, 0.25) is 0 Å². The summed E-state index contributed by atoms with van der Waals surface area (Å²) in [5.74, 6) is -1.30. The molecule has 1 N–H and O–H groups in total. The summed E-state index contributed by atoms with van der Waals surface area (Å²) in [6.45, 7) is 3.64. The van der Waals surface area contributed by atoms with Gasteiger partial charge in [0.25, 0.3) is 0 Å². The van der Waals surface area contributed by atoms with E-state index >= 15 is 0 Å². The Labute approximate surface area is 107 Å². The molecule has 1 rings (SSSR count). The highest BCUT2D eigenvalue weighted by atomic mass is 32.2. The Morgan fingerprint density at radius 2 is 2.17 bits per heavy atom. The summed E-state index contributed by atoms with van der Waals surface area (Å²) in [5, 5.41) is 17.6. The van der Waals surface area contributed by atoms with Gasteiger partial charge >= 0.3 is 5.97 Å². The first-order chi connectivity index (χ1) is 8.19. The van der Waals surface area contributed by atoms with Crippen molar-refractivity contribution in [1.82, 2.24) is 4.31 Å². The molecule has 1 fully saturated rings. The van der Waals surface area contributed by atoms with E-state index < -0.39 is 27.4 Å². The molecule has 0 aromatic heterocycles. The van der Waals surface area contributed by atoms with Crippen LogP contribution in [0, 0.1) is 16.7 Å². The van der Waals surface area contributed by atoms with E-state index in [0.29, 0.717) is 12.8 Å². The van der Waals surface area contributed by atoms with Crippen molar-refractivity contribution in [2.45, 2.75) is 39.2 Å². The lowest BCUT2D eigenvalue weighted by molar-refractivity contribution is -0.140. The number of nitriles is 1. The third kappa shape index (κ3) is 3.43. The van der Waals surface area contributed by atoms with Gasteiger partial charge in [0, 0.05) is 13.0 Å². The zero-order chi connectivity index (χ0) is 14.0. The van der Waals surface area contributed by atoms with Crippen LogP contribution in [0.3, 0.4) is 0 Å². The van der Waals surface area contributed by atoms with Gasteiger partial charge in [-0.1, -0.05) is 13.8 Å². The van der Waals surface area contributed by atoms with E-state index in [9.17, 15) is 13.2 Å². The van der Waals surface area contributed by atoms with E-state index in [4.69, 9.17) is 10.4 Å². The second kappa shape index (κ2) is 5.24. The first kappa shape index (κ1) is 14.9. The number of nitrogens with zero attached hydrogens (tertiary/aromatic N) is 2. The van der Waals surface area contributed by atoms with Crippen LogP contribution in [0.4, 0.5) is 0 Å². The first-order valence-corrected chi connectivity index (χ1v) is 7.40. The van der Waals surface area contributed by atoms with E-state index in [1.54, 1.807) is 13.8 Å². The Hall–Kier alpha value is -1.13. The number of rotatable bonds is 5. The average Bonchev–Trinajstić information content (AvgIpc) is 2.63. The molecule has 7 heteroatoms. The predicted molar refractivity (Wildman–Crippen MR) is 65.2 cm³/mol. The summed E-state index contributed by atoms with van der Waals surface area (Å²) in [4.78, 5) is 11.0. The maximum absolute atomic E-state index is 12.2. The van der Waals surface area contributed by atoms with E-state index in [1.165, 1.54) is 0 Å². The van der Waals surface area contributed by atoms with Crippen LogP contribution in [0.1, 0.15) is 33.1 Å².